The third kappa shape index (κ3) is 4.48. The van der Waals surface area contributed by atoms with E-state index in [0.29, 0.717) is 0 Å². The van der Waals surface area contributed by atoms with Crippen LogP contribution in [0.1, 0.15) is 38.5 Å². The van der Waals surface area contributed by atoms with E-state index in [1.807, 2.05) is 45.0 Å². The monoisotopic (exact) mass is 232 g/mol. The van der Waals surface area contributed by atoms with E-state index in [9.17, 15) is 0 Å². The van der Waals surface area contributed by atoms with Gasteiger partial charge in [-0.3, -0.25) is 0 Å². The summed E-state index contributed by atoms with van der Waals surface area (Å²) in [6, 6.07) is 8.10. The lowest BCUT2D eigenvalue weighted by Gasteiger charge is -1.85. The van der Waals surface area contributed by atoms with Gasteiger partial charge >= 0.3 is 0 Å². The van der Waals surface area contributed by atoms with Crippen molar-refractivity contribution >= 4 is 11.0 Å². The molecule has 1 aromatic carbocycles. The smallest absolute Gasteiger partial charge is 0.134 e. The summed E-state index contributed by atoms with van der Waals surface area (Å²) in [5.74, 6) is 1.02. The Morgan fingerprint density at radius 3 is 2.18 bits per heavy atom. The van der Waals surface area contributed by atoms with Gasteiger partial charge in [0.15, 0.2) is 0 Å². The van der Waals surface area contributed by atoms with Crippen LogP contribution in [0.3, 0.4) is 0 Å². The molecule has 2 rings (SSSR count). The molecule has 0 aliphatic rings. The Morgan fingerprint density at radius 2 is 1.71 bits per heavy atom. The molecule has 0 aliphatic heterocycles. The number of rotatable bonds is 1. The Kier molecular flexibility index (Phi) is 7.87. The van der Waals surface area contributed by atoms with Crippen LogP contribution in [0, 0.1) is 13.8 Å². The number of allylic oxidation sites excluding steroid dienone is 1. The highest BCUT2D eigenvalue weighted by Gasteiger charge is 2.03. The maximum absolute atomic E-state index is 5.50. The third-order valence-electron chi connectivity index (χ3n) is 2.37. The minimum Gasteiger partial charge on any atom is -0.461 e. The zero-order chi connectivity index (χ0) is 13.3. The lowest BCUT2D eigenvalue weighted by molar-refractivity contribution is 0.575. The van der Waals surface area contributed by atoms with Gasteiger partial charge in [0.25, 0.3) is 0 Å². The zero-order valence-corrected chi connectivity index (χ0v) is 11.7. The highest BCUT2D eigenvalue weighted by Crippen LogP contribution is 2.23. The van der Waals surface area contributed by atoms with Gasteiger partial charge in [-0.05, 0) is 31.9 Å². The van der Waals surface area contributed by atoms with Crippen LogP contribution < -0.4 is 0 Å². The van der Waals surface area contributed by atoms with Crippen LogP contribution in [0.15, 0.2) is 41.3 Å². The number of fused-ring (bicyclic) bond motifs is 1. The third-order valence-corrected chi connectivity index (χ3v) is 2.37. The molecule has 1 heteroatoms. The molecule has 0 spiro atoms. The molecule has 0 saturated heterocycles. The van der Waals surface area contributed by atoms with Crippen molar-refractivity contribution in [2.24, 2.45) is 0 Å². The minimum atomic E-state index is 0.988. The summed E-state index contributed by atoms with van der Waals surface area (Å²) in [4.78, 5) is 0. The molecule has 0 atom stereocenters. The summed E-state index contributed by atoms with van der Waals surface area (Å²) in [6.07, 6.45) is 2.96. The number of furan rings is 1. The van der Waals surface area contributed by atoms with Crippen LogP contribution in [0.25, 0.3) is 11.0 Å². The Balaban J connectivity index is 0.000000368. The fraction of sp³-hybridized carbons (Fsp3) is 0.375. The first-order valence-electron chi connectivity index (χ1n) is 6.26. The van der Waals surface area contributed by atoms with E-state index in [1.54, 1.807) is 0 Å². The summed E-state index contributed by atoms with van der Waals surface area (Å²) in [5.41, 5.74) is 2.24. The molecule has 0 bridgehead atoms. The maximum atomic E-state index is 5.50. The first-order valence-corrected chi connectivity index (χ1v) is 6.26. The summed E-state index contributed by atoms with van der Waals surface area (Å²) < 4.78 is 5.50. The lowest BCUT2D eigenvalue weighted by atomic mass is 10.2. The summed E-state index contributed by atoms with van der Waals surface area (Å²) in [7, 11) is 0. The van der Waals surface area contributed by atoms with Gasteiger partial charge in [0.1, 0.15) is 11.3 Å². The van der Waals surface area contributed by atoms with Gasteiger partial charge in [-0.15, -0.1) is 6.58 Å². The van der Waals surface area contributed by atoms with Gasteiger partial charge in [-0.25, -0.2) is 0 Å². The van der Waals surface area contributed by atoms with Crippen LogP contribution in [0.5, 0.6) is 0 Å². The van der Waals surface area contributed by atoms with E-state index in [4.69, 9.17) is 4.42 Å². The van der Waals surface area contributed by atoms with Crippen LogP contribution in [-0.2, 0) is 0 Å². The van der Waals surface area contributed by atoms with E-state index >= 15 is 0 Å². The van der Waals surface area contributed by atoms with Crippen molar-refractivity contribution in [2.75, 3.05) is 0 Å². The van der Waals surface area contributed by atoms with Crippen molar-refractivity contribution in [2.45, 2.75) is 41.0 Å². The second-order valence-electron chi connectivity index (χ2n) is 3.48. The molecule has 94 valence electrons. The molecule has 0 radical (unpaired) electrons. The first kappa shape index (κ1) is 15.5. The molecule has 17 heavy (non-hydrogen) atoms. The topological polar surface area (TPSA) is 13.1 Å². The van der Waals surface area contributed by atoms with E-state index in [1.165, 1.54) is 10.9 Å². The van der Waals surface area contributed by atoms with Crippen LogP contribution in [0.4, 0.5) is 0 Å². The van der Waals surface area contributed by atoms with Gasteiger partial charge in [0, 0.05) is 5.39 Å². The predicted molar refractivity (Wildman–Crippen MR) is 77.5 cm³/mol. The maximum Gasteiger partial charge on any atom is 0.134 e. The van der Waals surface area contributed by atoms with Gasteiger partial charge in [-0.1, -0.05) is 45.0 Å². The highest BCUT2D eigenvalue weighted by molar-refractivity contribution is 5.81. The number of para-hydroxylation sites is 1. The first-order chi connectivity index (χ1) is 8.20. The van der Waals surface area contributed by atoms with Crippen LogP contribution >= 0.6 is 0 Å². The molecule has 0 N–H and O–H groups in total. The van der Waals surface area contributed by atoms with Gasteiger partial charge < -0.3 is 4.42 Å². The SMILES string of the molecule is C=CCC.CC.Cc1oc2ccccc2c1C. The van der Waals surface area contributed by atoms with E-state index in [-0.39, 0.29) is 0 Å². The number of aryl methyl sites for hydroxylation is 2. The Labute approximate surface area is 105 Å². The van der Waals surface area contributed by atoms with Crippen molar-refractivity contribution in [3.8, 4) is 0 Å². The molecule has 1 nitrogen and oxygen atoms in total. The summed E-state index contributed by atoms with van der Waals surface area (Å²) >= 11 is 0. The van der Waals surface area contributed by atoms with E-state index < -0.39 is 0 Å². The van der Waals surface area contributed by atoms with Crippen molar-refractivity contribution in [3.63, 3.8) is 0 Å². The largest absolute Gasteiger partial charge is 0.461 e. The van der Waals surface area contributed by atoms with E-state index in [0.717, 1.165) is 17.8 Å². The lowest BCUT2D eigenvalue weighted by Crippen LogP contribution is -1.68. The molecule has 0 fully saturated rings. The fourth-order valence-corrected chi connectivity index (χ4v) is 1.30. The van der Waals surface area contributed by atoms with Gasteiger partial charge in [0.05, 0.1) is 0 Å². The molecule has 1 heterocycles. The molecule has 1 aromatic heterocycles. The van der Waals surface area contributed by atoms with Crippen LogP contribution in [-0.4, -0.2) is 0 Å². The van der Waals surface area contributed by atoms with Crippen LogP contribution in [0.2, 0.25) is 0 Å². The molecule has 0 amide bonds. The average molecular weight is 232 g/mol. The van der Waals surface area contributed by atoms with Crippen molar-refractivity contribution < 1.29 is 4.42 Å². The average Bonchev–Trinajstić information content (AvgIpc) is 2.68. The summed E-state index contributed by atoms with van der Waals surface area (Å²) in [6.45, 7) is 13.6. The molecule has 0 saturated carbocycles. The van der Waals surface area contributed by atoms with Crippen molar-refractivity contribution in [3.05, 3.63) is 48.2 Å². The molecule has 0 unspecified atom stereocenters. The number of benzene rings is 1. The Morgan fingerprint density at radius 1 is 1.18 bits per heavy atom. The second-order valence-corrected chi connectivity index (χ2v) is 3.48. The molecular weight excluding hydrogens is 208 g/mol. The zero-order valence-electron chi connectivity index (χ0n) is 11.7. The van der Waals surface area contributed by atoms with Gasteiger partial charge in [0.2, 0.25) is 0 Å². The molecular formula is C16H24O. The van der Waals surface area contributed by atoms with Gasteiger partial charge in [-0.2, -0.15) is 0 Å². The fourth-order valence-electron chi connectivity index (χ4n) is 1.30. The minimum absolute atomic E-state index is 0.988. The molecule has 0 aliphatic carbocycles. The summed E-state index contributed by atoms with van der Waals surface area (Å²) in [5, 5.41) is 1.23. The Hall–Kier alpha value is -1.50. The Bertz CT molecular complexity index is 438. The normalized spacial score (nSPS) is 8.76. The quantitative estimate of drug-likeness (QED) is 0.578. The second kappa shape index (κ2) is 8.63. The standard InChI is InChI=1S/C10H10O.C4H8.C2H6/c1-7-8(2)11-10-6-4-3-5-9(7)10;1-3-4-2;1-2/h3-6H,1-2H3;3H,1,4H2,2H3;1-2H3. The van der Waals surface area contributed by atoms with Crippen molar-refractivity contribution in [1.82, 2.24) is 0 Å². The predicted octanol–water partition coefficient (Wildman–Crippen LogP) is 5.66. The number of hydrogen-bond acceptors (Lipinski definition) is 1. The van der Waals surface area contributed by atoms with Crippen molar-refractivity contribution in [1.29, 1.82) is 0 Å². The number of hydrogen-bond donors (Lipinski definition) is 0. The highest BCUT2D eigenvalue weighted by atomic mass is 16.3. The molecule has 2 aromatic rings. The van der Waals surface area contributed by atoms with E-state index in [2.05, 4.69) is 26.5 Å².